The Labute approximate surface area is 174 Å². The minimum atomic E-state index is -0.408. The smallest absolute Gasteiger partial charge is 0.325 e. The Bertz CT molecular complexity index is 1180. The van der Waals surface area contributed by atoms with Crippen molar-refractivity contribution in [1.82, 2.24) is 9.78 Å². The number of benzene rings is 3. The predicted octanol–water partition coefficient (Wildman–Crippen LogP) is 4.75. The summed E-state index contributed by atoms with van der Waals surface area (Å²) in [6, 6.07) is 21.0. The SMILES string of the molecule is COc1ccc(NC(=O)Nc2ccn(Cc3cccc4ccccc34)n2)c(OC)c1. The molecule has 4 aromatic rings. The average Bonchev–Trinajstić information content (AvgIpc) is 3.20. The summed E-state index contributed by atoms with van der Waals surface area (Å²) in [5.74, 6) is 1.61. The molecule has 0 aliphatic rings. The molecule has 0 saturated heterocycles. The second kappa shape index (κ2) is 8.57. The lowest BCUT2D eigenvalue weighted by atomic mass is 10.0. The maximum atomic E-state index is 12.4. The molecule has 2 amide bonds. The number of nitrogens with zero attached hydrogens (tertiary/aromatic N) is 2. The number of ether oxygens (including phenoxy) is 2. The first-order valence-electron chi connectivity index (χ1n) is 9.46. The minimum absolute atomic E-state index is 0.408. The Morgan fingerprint density at radius 1 is 0.967 bits per heavy atom. The standard InChI is InChI=1S/C23H22N4O3/c1-29-18-10-11-20(21(14-18)30-2)24-23(28)25-22-12-13-27(26-22)15-17-8-5-7-16-6-3-4-9-19(16)17/h3-14H,15H2,1-2H3,(H2,24,25,26,28). The maximum Gasteiger partial charge on any atom is 0.325 e. The van der Waals surface area contributed by atoms with Gasteiger partial charge < -0.3 is 14.8 Å². The van der Waals surface area contributed by atoms with Crippen LogP contribution in [0.1, 0.15) is 5.56 Å². The highest BCUT2D eigenvalue weighted by Crippen LogP contribution is 2.29. The Hall–Kier alpha value is -4.00. The lowest BCUT2D eigenvalue weighted by Gasteiger charge is -2.11. The summed E-state index contributed by atoms with van der Waals surface area (Å²) in [6.45, 7) is 0.608. The van der Waals surface area contributed by atoms with E-state index in [2.05, 4.69) is 40.0 Å². The van der Waals surface area contributed by atoms with Crippen molar-refractivity contribution >= 4 is 28.3 Å². The van der Waals surface area contributed by atoms with Gasteiger partial charge in [0.05, 0.1) is 26.5 Å². The van der Waals surface area contributed by atoms with E-state index in [4.69, 9.17) is 9.47 Å². The largest absolute Gasteiger partial charge is 0.497 e. The van der Waals surface area contributed by atoms with E-state index in [1.165, 1.54) is 17.9 Å². The van der Waals surface area contributed by atoms with Gasteiger partial charge in [0, 0.05) is 18.3 Å². The lowest BCUT2D eigenvalue weighted by molar-refractivity contribution is 0.262. The Kier molecular flexibility index (Phi) is 5.52. The summed E-state index contributed by atoms with van der Waals surface area (Å²) in [6.07, 6.45) is 1.84. The Morgan fingerprint density at radius 2 is 1.80 bits per heavy atom. The van der Waals surface area contributed by atoms with E-state index in [0.29, 0.717) is 29.5 Å². The summed E-state index contributed by atoms with van der Waals surface area (Å²) >= 11 is 0. The Morgan fingerprint density at radius 3 is 2.63 bits per heavy atom. The van der Waals surface area contributed by atoms with Gasteiger partial charge >= 0.3 is 6.03 Å². The number of fused-ring (bicyclic) bond motifs is 1. The van der Waals surface area contributed by atoms with Crippen LogP contribution in [-0.2, 0) is 6.54 Å². The normalized spacial score (nSPS) is 10.6. The molecule has 0 spiro atoms. The summed E-state index contributed by atoms with van der Waals surface area (Å²) in [7, 11) is 3.11. The first kappa shape index (κ1) is 19.3. The molecule has 0 aliphatic carbocycles. The molecule has 0 saturated carbocycles. The minimum Gasteiger partial charge on any atom is -0.497 e. The third kappa shape index (κ3) is 4.20. The number of nitrogens with one attached hydrogen (secondary N) is 2. The lowest BCUT2D eigenvalue weighted by Crippen LogP contribution is -2.20. The van der Waals surface area contributed by atoms with E-state index in [0.717, 1.165) is 5.56 Å². The second-order valence-corrected chi connectivity index (χ2v) is 6.68. The van der Waals surface area contributed by atoms with E-state index in [1.807, 2.05) is 24.4 Å². The molecule has 2 N–H and O–H groups in total. The zero-order chi connectivity index (χ0) is 20.9. The molecule has 1 aromatic heterocycles. The van der Waals surface area contributed by atoms with Crippen molar-refractivity contribution in [2.45, 2.75) is 6.54 Å². The summed E-state index contributed by atoms with van der Waals surface area (Å²) < 4.78 is 12.3. The second-order valence-electron chi connectivity index (χ2n) is 6.68. The zero-order valence-electron chi connectivity index (χ0n) is 16.8. The molecule has 3 aromatic carbocycles. The van der Waals surface area contributed by atoms with E-state index >= 15 is 0 Å². The van der Waals surface area contributed by atoms with Gasteiger partial charge in [-0.1, -0.05) is 42.5 Å². The number of carbonyl (C=O) groups is 1. The van der Waals surface area contributed by atoms with Crippen molar-refractivity contribution in [1.29, 1.82) is 0 Å². The summed E-state index contributed by atoms with van der Waals surface area (Å²) in [5, 5.41) is 12.3. The van der Waals surface area contributed by atoms with Gasteiger partial charge in [-0.15, -0.1) is 0 Å². The topological polar surface area (TPSA) is 77.4 Å². The van der Waals surface area contributed by atoms with Crippen LogP contribution in [0.5, 0.6) is 11.5 Å². The molecule has 1 heterocycles. The van der Waals surface area contributed by atoms with Crippen molar-refractivity contribution in [3.8, 4) is 11.5 Å². The van der Waals surface area contributed by atoms with Gasteiger partial charge in [0.2, 0.25) is 0 Å². The number of aromatic nitrogens is 2. The molecule has 0 bridgehead atoms. The third-order valence-electron chi connectivity index (χ3n) is 4.75. The van der Waals surface area contributed by atoms with E-state index in [1.54, 1.807) is 36.1 Å². The number of amides is 2. The number of carbonyl (C=O) groups excluding carboxylic acids is 1. The molecular weight excluding hydrogens is 380 g/mol. The Balaban J connectivity index is 1.44. The molecule has 152 valence electrons. The van der Waals surface area contributed by atoms with Crippen molar-refractivity contribution in [3.05, 3.63) is 78.5 Å². The van der Waals surface area contributed by atoms with Gasteiger partial charge in [0.1, 0.15) is 11.5 Å². The molecule has 7 nitrogen and oxygen atoms in total. The van der Waals surface area contributed by atoms with Gasteiger partial charge in [0.25, 0.3) is 0 Å². The van der Waals surface area contributed by atoms with Crippen molar-refractivity contribution in [2.75, 3.05) is 24.9 Å². The number of urea groups is 1. The van der Waals surface area contributed by atoms with Crippen molar-refractivity contribution < 1.29 is 14.3 Å². The fourth-order valence-electron chi connectivity index (χ4n) is 3.29. The van der Waals surface area contributed by atoms with Crippen LogP contribution in [0, 0.1) is 0 Å². The number of hydrogen-bond acceptors (Lipinski definition) is 4. The molecule has 0 atom stereocenters. The number of methoxy groups -OCH3 is 2. The fourth-order valence-corrected chi connectivity index (χ4v) is 3.29. The molecule has 7 heteroatoms. The van der Waals surface area contributed by atoms with Crippen LogP contribution < -0.4 is 20.1 Å². The fraction of sp³-hybridized carbons (Fsp3) is 0.130. The van der Waals surface area contributed by atoms with Gasteiger partial charge in [0.15, 0.2) is 5.82 Å². The van der Waals surface area contributed by atoms with Crippen LogP contribution in [0.2, 0.25) is 0 Å². The van der Waals surface area contributed by atoms with Crippen LogP contribution in [0.3, 0.4) is 0 Å². The van der Waals surface area contributed by atoms with Gasteiger partial charge in [-0.2, -0.15) is 5.10 Å². The highest BCUT2D eigenvalue weighted by Gasteiger charge is 2.11. The molecule has 0 fully saturated rings. The van der Waals surface area contributed by atoms with Crippen LogP contribution in [0.15, 0.2) is 72.9 Å². The van der Waals surface area contributed by atoms with Crippen LogP contribution >= 0.6 is 0 Å². The zero-order valence-corrected chi connectivity index (χ0v) is 16.8. The molecule has 0 unspecified atom stereocenters. The highest BCUT2D eigenvalue weighted by molar-refractivity contribution is 6.00. The van der Waals surface area contributed by atoms with Crippen LogP contribution in [0.25, 0.3) is 10.8 Å². The average molecular weight is 402 g/mol. The first-order chi connectivity index (χ1) is 14.7. The van der Waals surface area contributed by atoms with Gasteiger partial charge in [-0.25, -0.2) is 4.79 Å². The maximum absolute atomic E-state index is 12.4. The molecular formula is C23H22N4O3. The van der Waals surface area contributed by atoms with E-state index in [-0.39, 0.29) is 0 Å². The molecule has 0 aliphatic heterocycles. The number of anilines is 2. The van der Waals surface area contributed by atoms with Crippen molar-refractivity contribution in [2.24, 2.45) is 0 Å². The number of hydrogen-bond donors (Lipinski definition) is 2. The molecule has 30 heavy (non-hydrogen) atoms. The van der Waals surface area contributed by atoms with Crippen molar-refractivity contribution in [3.63, 3.8) is 0 Å². The number of rotatable bonds is 6. The summed E-state index contributed by atoms with van der Waals surface area (Å²) in [4.78, 5) is 12.4. The predicted molar refractivity (Wildman–Crippen MR) is 117 cm³/mol. The highest BCUT2D eigenvalue weighted by atomic mass is 16.5. The molecule has 4 rings (SSSR count). The van der Waals surface area contributed by atoms with Gasteiger partial charge in [-0.3, -0.25) is 10.00 Å². The first-order valence-corrected chi connectivity index (χ1v) is 9.46. The summed E-state index contributed by atoms with van der Waals surface area (Å²) in [5.41, 5.74) is 1.70. The van der Waals surface area contributed by atoms with E-state index < -0.39 is 6.03 Å². The third-order valence-corrected chi connectivity index (χ3v) is 4.75. The molecule has 0 radical (unpaired) electrons. The quantitative estimate of drug-likeness (QED) is 0.488. The van der Waals surface area contributed by atoms with Gasteiger partial charge in [-0.05, 0) is 28.5 Å². The monoisotopic (exact) mass is 402 g/mol. The van der Waals surface area contributed by atoms with Crippen LogP contribution in [0.4, 0.5) is 16.3 Å². The van der Waals surface area contributed by atoms with Crippen LogP contribution in [-0.4, -0.2) is 30.0 Å². The van der Waals surface area contributed by atoms with E-state index in [9.17, 15) is 4.79 Å².